The molecule has 2 aromatic rings. The fourth-order valence-corrected chi connectivity index (χ4v) is 2.77. The molecule has 1 atom stereocenters. The van der Waals surface area contributed by atoms with Gasteiger partial charge in [0.2, 0.25) is 5.91 Å². The van der Waals surface area contributed by atoms with Crippen molar-refractivity contribution in [2.24, 2.45) is 0 Å². The number of carbonyl (C=O) groups is 2. The third-order valence-electron chi connectivity index (χ3n) is 4.26. The van der Waals surface area contributed by atoms with Gasteiger partial charge in [0, 0.05) is 32.4 Å². The lowest BCUT2D eigenvalue weighted by Crippen LogP contribution is -2.51. The van der Waals surface area contributed by atoms with Gasteiger partial charge >= 0.3 is 6.18 Å². The standard InChI is InChI=1S/C16H17F3N4O3/c1-11(23-5-4-13(20-23)16(17,18)19)14(24)21-6-8-22(9-7-21)15(25)12-3-2-10-26-12/h2-5,10-11H,6-9H2,1H3. The van der Waals surface area contributed by atoms with Crippen molar-refractivity contribution in [3.8, 4) is 0 Å². The number of hydrogen-bond acceptors (Lipinski definition) is 4. The van der Waals surface area contributed by atoms with Crippen molar-refractivity contribution in [3.63, 3.8) is 0 Å². The van der Waals surface area contributed by atoms with Crippen LogP contribution in [0.3, 0.4) is 0 Å². The van der Waals surface area contributed by atoms with E-state index in [1.165, 1.54) is 18.1 Å². The monoisotopic (exact) mass is 370 g/mol. The zero-order valence-electron chi connectivity index (χ0n) is 13.9. The van der Waals surface area contributed by atoms with Crippen LogP contribution in [0.2, 0.25) is 0 Å². The van der Waals surface area contributed by atoms with Gasteiger partial charge in [0.05, 0.1) is 6.26 Å². The van der Waals surface area contributed by atoms with E-state index in [1.807, 2.05) is 0 Å². The second kappa shape index (κ2) is 6.85. The Hall–Kier alpha value is -2.78. The second-order valence-corrected chi connectivity index (χ2v) is 5.95. The molecular weight excluding hydrogens is 353 g/mol. The fraction of sp³-hybridized carbons (Fsp3) is 0.438. The number of carbonyl (C=O) groups excluding carboxylic acids is 2. The Morgan fingerprint density at radius 1 is 1.15 bits per heavy atom. The fourth-order valence-electron chi connectivity index (χ4n) is 2.77. The molecule has 0 spiro atoms. The molecule has 0 N–H and O–H groups in total. The van der Waals surface area contributed by atoms with Crippen molar-refractivity contribution >= 4 is 11.8 Å². The Balaban J connectivity index is 1.59. The summed E-state index contributed by atoms with van der Waals surface area (Å²) in [5, 5.41) is 3.44. The summed E-state index contributed by atoms with van der Waals surface area (Å²) in [6.07, 6.45) is -2.00. The van der Waals surface area contributed by atoms with E-state index in [4.69, 9.17) is 4.42 Å². The minimum absolute atomic E-state index is 0.231. The summed E-state index contributed by atoms with van der Waals surface area (Å²) in [6.45, 7) is 2.73. The molecule has 1 unspecified atom stereocenters. The number of piperazine rings is 1. The zero-order chi connectivity index (χ0) is 18.9. The predicted octanol–water partition coefficient (Wildman–Crippen LogP) is 2.04. The van der Waals surface area contributed by atoms with E-state index < -0.39 is 17.9 Å². The molecule has 0 aromatic carbocycles. The van der Waals surface area contributed by atoms with Gasteiger partial charge < -0.3 is 14.2 Å². The summed E-state index contributed by atoms with van der Waals surface area (Å²) >= 11 is 0. The van der Waals surface area contributed by atoms with Crippen LogP contribution in [0.5, 0.6) is 0 Å². The molecule has 2 aromatic heterocycles. The largest absolute Gasteiger partial charge is 0.459 e. The highest BCUT2D eigenvalue weighted by Gasteiger charge is 2.35. The van der Waals surface area contributed by atoms with Crippen molar-refractivity contribution < 1.29 is 27.2 Å². The van der Waals surface area contributed by atoms with Gasteiger partial charge in [0.25, 0.3) is 5.91 Å². The minimum Gasteiger partial charge on any atom is -0.459 e. The molecule has 1 aliphatic heterocycles. The molecule has 3 heterocycles. The molecule has 0 radical (unpaired) electrons. The third-order valence-corrected chi connectivity index (χ3v) is 4.26. The van der Waals surface area contributed by atoms with E-state index in [0.717, 1.165) is 16.9 Å². The lowest BCUT2D eigenvalue weighted by molar-refractivity contribution is -0.142. The topological polar surface area (TPSA) is 71.6 Å². The van der Waals surface area contributed by atoms with Crippen LogP contribution in [0, 0.1) is 0 Å². The molecular formula is C16H17F3N4O3. The van der Waals surface area contributed by atoms with Crippen LogP contribution < -0.4 is 0 Å². The number of amides is 2. The van der Waals surface area contributed by atoms with Crippen LogP contribution in [-0.2, 0) is 11.0 Å². The second-order valence-electron chi connectivity index (χ2n) is 5.95. The van der Waals surface area contributed by atoms with Crippen LogP contribution in [0.25, 0.3) is 0 Å². The molecule has 0 saturated carbocycles. The Labute approximate surface area is 147 Å². The zero-order valence-corrected chi connectivity index (χ0v) is 13.9. The molecule has 0 aliphatic carbocycles. The van der Waals surface area contributed by atoms with E-state index >= 15 is 0 Å². The number of furan rings is 1. The first-order valence-electron chi connectivity index (χ1n) is 8.01. The highest BCUT2D eigenvalue weighted by Crippen LogP contribution is 2.28. The SMILES string of the molecule is CC(C(=O)N1CCN(C(=O)c2ccco2)CC1)n1ccc(C(F)(F)F)n1. The van der Waals surface area contributed by atoms with Crippen LogP contribution >= 0.6 is 0 Å². The minimum atomic E-state index is -4.55. The summed E-state index contributed by atoms with van der Waals surface area (Å²) in [6, 6.07) is 3.16. The normalized spacial score (nSPS) is 16.6. The summed E-state index contributed by atoms with van der Waals surface area (Å²) in [5.74, 6) is -0.363. The Morgan fingerprint density at radius 2 is 1.81 bits per heavy atom. The molecule has 3 rings (SSSR count). The van der Waals surface area contributed by atoms with E-state index in [1.54, 1.807) is 17.0 Å². The number of alkyl halides is 3. The summed E-state index contributed by atoms with van der Waals surface area (Å²) in [4.78, 5) is 27.8. The van der Waals surface area contributed by atoms with E-state index in [-0.39, 0.29) is 17.6 Å². The van der Waals surface area contributed by atoms with Gasteiger partial charge in [-0.15, -0.1) is 0 Å². The highest BCUT2D eigenvalue weighted by atomic mass is 19.4. The number of rotatable bonds is 3. The van der Waals surface area contributed by atoms with Crippen molar-refractivity contribution in [1.29, 1.82) is 0 Å². The molecule has 0 bridgehead atoms. The Kier molecular flexibility index (Phi) is 4.75. The summed E-state index contributed by atoms with van der Waals surface area (Å²) in [5.41, 5.74) is -1.04. The van der Waals surface area contributed by atoms with Crippen LogP contribution in [-0.4, -0.2) is 57.6 Å². The van der Waals surface area contributed by atoms with Crippen LogP contribution in [0.1, 0.15) is 29.2 Å². The van der Waals surface area contributed by atoms with Gasteiger partial charge in [-0.05, 0) is 25.1 Å². The number of nitrogens with zero attached hydrogens (tertiary/aromatic N) is 4. The third kappa shape index (κ3) is 3.58. The van der Waals surface area contributed by atoms with Crippen molar-refractivity contribution in [2.45, 2.75) is 19.1 Å². The van der Waals surface area contributed by atoms with Crippen molar-refractivity contribution in [1.82, 2.24) is 19.6 Å². The molecule has 140 valence electrons. The van der Waals surface area contributed by atoms with Gasteiger partial charge in [-0.3, -0.25) is 14.3 Å². The first-order chi connectivity index (χ1) is 12.3. The molecule has 2 amide bonds. The van der Waals surface area contributed by atoms with Gasteiger partial charge in [0.15, 0.2) is 11.5 Å². The summed E-state index contributed by atoms with van der Waals surface area (Å²) < 4.78 is 44.0. The van der Waals surface area contributed by atoms with E-state index in [2.05, 4.69) is 5.10 Å². The maximum absolute atomic E-state index is 12.6. The van der Waals surface area contributed by atoms with Crippen LogP contribution in [0.4, 0.5) is 13.2 Å². The molecule has 26 heavy (non-hydrogen) atoms. The molecule has 7 nitrogen and oxygen atoms in total. The van der Waals surface area contributed by atoms with Crippen LogP contribution in [0.15, 0.2) is 35.1 Å². The molecule has 1 fully saturated rings. The summed E-state index contributed by atoms with van der Waals surface area (Å²) in [7, 11) is 0. The first kappa shape index (κ1) is 18.0. The Morgan fingerprint density at radius 3 is 2.35 bits per heavy atom. The first-order valence-corrected chi connectivity index (χ1v) is 8.01. The van der Waals surface area contributed by atoms with Gasteiger partial charge in [0.1, 0.15) is 6.04 Å². The average molecular weight is 370 g/mol. The van der Waals surface area contributed by atoms with Gasteiger partial charge in [-0.25, -0.2) is 0 Å². The van der Waals surface area contributed by atoms with Crippen molar-refractivity contribution in [2.75, 3.05) is 26.2 Å². The Bertz CT molecular complexity index is 777. The van der Waals surface area contributed by atoms with Gasteiger partial charge in [-0.1, -0.05) is 0 Å². The molecule has 1 saturated heterocycles. The molecule has 10 heteroatoms. The maximum atomic E-state index is 12.6. The van der Waals surface area contributed by atoms with E-state index in [0.29, 0.717) is 26.2 Å². The number of halogens is 3. The lowest BCUT2D eigenvalue weighted by Gasteiger charge is -2.35. The average Bonchev–Trinajstić information content (AvgIpc) is 3.31. The predicted molar refractivity (Wildman–Crippen MR) is 83.1 cm³/mol. The maximum Gasteiger partial charge on any atom is 0.435 e. The van der Waals surface area contributed by atoms with Crippen molar-refractivity contribution in [3.05, 3.63) is 42.1 Å². The number of aromatic nitrogens is 2. The smallest absolute Gasteiger partial charge is 0.435 e. The highest BCUT2D eigenvalue weighted by molar-refractivity contribution is 5.91. The van der Waals surface area contributed by atoms with E-state index in [9.17, 15) is 22.8 Å². The quantitative estimate of drug-likeness (QED) is 0.829. The number of hydrogen-bond donors (Lipinski definition) is 0. The lowest BCUT2D eigenvalue weighted by atomic mass is 10.2. The van der Waals surface area contributed by atoms with Gasteiger partial charge in [-0.2, -0.15) is 18.3 Å². The molecule has 1 aliphatic rings.